The minimum Gasteiger partial charge on any atom is -0.313 e. The van der Waals surface area contributed by atoms with E-state index < -0.39 is 11.6 Å². The highest BCUT2D eigenvalue weighted by Gasteiger charge is 2.19. The lowest BCUT2D eigenvalue weighted by atomic mass is 9.95. The van der Waals surface area contributed by atoms with Crippen LogP contribution >= 0.6 is 15.9 Å². The van der Waals surface area contributed by atoms with Crippen LogP contribution in [0.4, 0.5) is 8.78 Å². The van der Waals surface area contributed by atoms with E-state index in [0.29, 0.717) is 16.8 Å². The molecular formula is C14H20BrF2N. The Hall–Kier alpha value is -0.480. The third-order valence-corrected chi connectivity index (χ3v) is 3.64. The lowest BCUT2D eigenvalue weighted by Gasteiger charge is -2.23. The number of halogens is 3. The average Bonchev–Trinajstić information content (AvgIpc) is 2.33. The van der Waals surface area contributed by atoms with Gasteiger partial charge in [0.15, 0.2) is 0 Å². The Labute approximate surface area is 116 Å². The third kappa shape index (κ3) is 4.02. The maximum atomic E-state index is 13.9. The lowest BCUT2D eigenvalue weighted by molar-refractivity contribution is 0.386. The van der Waals surface area contributed by atoms with E-state index in [0.717, 1.165) is 13.0 Å². The number of hydrogen-bond acceptors (Lipinski definition) is 1. The molecule has 0 saturated carbocycles. The average molecular weight is 320 g/mol. The predicted octanol–water partition coefficient (Wildman–Crippen LogP) is 4.29. The van der Waals surface area contributed by atoms with Crippen molar-refractivity contribution in [2.75, 3.05) is 6.54 Å². The summed E-state index contributed by atoms with van der Waals surface area (Å²) >= 11 is 3.10. The molecule has 0 saturated heterocycles. The highest BCUT2D eigenvalue weighted by molar-refractivity contribution is 9.10. The normalized spacial score (nSPS) is 13.1. The number of nitrogens with one attached hydrogen (secondary N) is 1. The van der Waals surface area contributed by atoms with E-state index in [1.165, 1.54) is 12.1 Å². The molecule has 0 fully saturated rings. The third-order valence-electron chi connectivity index (χ3n) is 3.02. The molecule has 0 spiro atoms. The van der Waals surface area contributed by atoms with Crippen LogP contribution in [0.1, 0.15) is 32.8 Å². The summed E-state index contributed by atoms with van der Waals surface area (Å²) in [6, 6.07) is 2.79. The Balaban J connectivity index is 2.89. The fourth-order valence-corrected chi connectivity index (χ4v) is 2.22. The van der Waals surface area contributed by atoms with Crippen LogP contribution < -0.4 is 5.32 Å². The maximum Gasteiger partial charge on any atom is 0.143 e. The van der Waals surface area contributed by atoms with Crippen LogP contribution in [0, 0.1) is 17.6 Å². The van der Waals surface area contributed by atoms with Crippen LogP contribution in [0.3, 0.4) is 0 Å². The zero-order valence-corrected chi connectivity index (χ0v) is 12.7. The van der Waals surface area contributed by atoms with Gasteiger partial charge in [0.1, 0.15) is 11.6 Å². The molecule has 0 aliphatic carbocycles. The van der Waals surface area contributed by atoms with Crippen molar-refractivity contribution in [3.05, 3.63) is 33.8 Å². The fourth-order valence-electron chi connectivity index (χ4n) is 1.85. The van der Waals surface area contributed by atoms with Crippen molar-refractivity contribution in [2.45, 2.75) is 39.7 Å². The minimum absolute atomic E-state index is 0.0863. The molecule has 1 rings (SSSR count). The van der Waals surface area contributed by atoms with Crippen LogP contribution in [-0.2, 0) is 6.42 Å². The molecule has 0 radical (unpaired) electrons. The molecule has 1 unspecified atom stereocenters. The van der Waals surface area contributed by atoms with Gasteiger partial charge < -0.3 is 5.32 Å². The Morgan fingerprint density at radius 1 is 1.28 bits per heavy atom. The number of benzene rings is 1. The van der Waals surface area contributed by atoms with Gasteiger partial charge in [0.2, 0.25) is 0 Å². The van der Waals surface area contributed by atoms with Gasteiger partial charge in [0.05, 0.1) is 4.47 Å². The summed E-state index contributed by atoms with van der Waals surface area (Å²) in [4.78, 5) is 0. The summed E-state index contributed by atoms with van der Waals surface area (Å²) in [5.41, 5.74) is 0.159. The van der Waals surface area contributed by atoms with Crippen molar-refractivity contribution in [3.63, 3.8) is 0 Å². The first-order valence-electron chi connectivity index (χ1n) is 6.33. The molecule has 18 heavy (non-hydrogen) atoms. The van der Waals surface area contributed by atoms with Gasteiger partial charge in [-0.1, -0.05) is 20.8 Å². The molecule has 0 heterocycles. The largest absolute Gasteiger partial charge is 0.313 e. The summed E-state index contributed by atoms with van der Waals surface area (Å²) in [7, 11) is 0. The smallest absolute Gasteiger partial charge is 0.143 e. The molecule has 102 valence electrons. The van der Waals surface area contributed by atoms with Crippen LogP contribution in [0.25, 0.3) is 0 Å². The molecule has 0 amide bonds. The molecule has 1 N–H and O–H groups in total. The van der Waals surface area contributed by atoms with Crippen molar-refractivity contribution < 1.29 is 8.78 Å². The van der Waals surface area contributed by atoms with Crippen LogP contribution in [0.5, 0.6) is 0 Å². The highest BCUT2D eigenvalue weighted by Crippen LogP contribution is 2.24. The predicted molar refractivity (Wildman–Crippen MR) is 74.7 cm³/mol. The lowest BCUT2D eigenvalue weighted by Crippen LogP contribution is -2.36. The van der Waals surface area contributed by atoms with E-state index in [-0.39, 0.29) is 11.6 Å². The Kier molecular flexibility index (Phi) is 6.22. The Morgan fingerprint density at radius 3 is 2.50 bits per heavy atom. The second-order valence-corrected chi connectivity index (χ2v) is 5.68. The van der Waals surface area contributed by atoms with Crippen LogP contribution in [0.2, 0.25) is 0 Å². The first-order chi connectivity index (χ1) is 8.47. The van der Waals surface area contributed by atoms with E-state index in [1.807, 2.05) is 0 Å². The summed E-state index contributed by atoms with van der Waals surface area (Å²) in [5.74, 6) is -0.632. The maximum absolute atomic E-state index is 13.9. The first kappa shape index (κ1) is 15.6. The van der Waals surface area contributed by atoms with Gasteiger partial charge in [0, 0.05) is 11.6 Å². The number of hydrogen-bond donors (Lipinski definition) is 1. The van der Waals surface area contributed by atoms with Crippen molar-refractivity contribution in [1.29, 1.82) is 0 Å². The van der Waals surface area contributed by atoms with Crippen molar-refractivity contribution in [1.82, 2.24) is 5.32 Å². The number of rotatable bonds is 6. The molecule has 0 aliphatic rings. The molecule has 0 aliphatic heterocycles. The van der Waals surface area contributed by atoms with Crippen molar-refractivity contribution >= 4 is 15.9 Å². The van der Waals surface area contributed by atoms with Gasteiger partial charge in [-0.25, -0.2) is 8.78 Å². The second kappa shape index (κ2) is 7.19. The van der Waals surface area contributed by atoms with E-state index in [4.69, 9.17) is 0 Å². The Bertz CT molecular complexity index is 394. The van der Waals surface area contributed by atoms with Gasteiger partial charge >= 0.3 is 0 Å². The van der Waals surface area contributed by atoms with E-state index in [9.17, 15) is 8.78 Å². The molecule has 1 aromatic carbocycles. The Morgan fingerprint density at radius 2 is 1.94 bits per heavy atom. The summed E-state index contributed by atoms with van der Waals surface area (Å²) in [5, 5.41) is 3.34. The topological polar surface area (TPSA) is 12.0 Å². The molecular weight excluding hydrogens is 300 g/mol. The molecule has 1 nitrogen and oxygen atoms in total. The summed E-state index contributed by atoms with van der Waals surface area (Å²) in [6.45, 7) is 7.05. The standard InChI is InChI=1S/C14H20BrF2N/c1-4-7-18-13(9(2)3)8-10-12(16)6-5-11(15)14(10)17/h5-6,9,13,18H,4,7-8H2,1-3H3. The van der Waals surface area contributed by atoms with Crippen molar-refractivity contribution in [2.24, 2.45) is 5.92 Å². The fraction of sp³-hybridized carbons (Fsp3) is 0.571. The van der Waals surface area contributed by atoms with Gasteiger partial charge in [-0.15, -0.1) is 0 Å². The minimum atomic E-state index is -0.487. The molecule has 1 atom stereocenters. The molecule has 4 heteroatoms. The van der Waals surface area contributed by atoms with Crippen LogP contribution in [0.15, 0.2) is 16.6 Å². The van der Waals surface area contributed by atoms with E-state index >= 15 is 0 Å². The highest BCUT2D eigenvalue weighted by atomic mass is 79.9. The van der Waals surface area contributed by atoms with E-state index in [2.05, 4.69) is 42.0 Å². The van der Waals surface area contributed by atoms with E-state index in [1.54, 1.807) is 0 Å². The first-order valence-corrected chi connectivity index (χ1v) is 7.12. The summed E-state index contributed by atoms with van der Waals surface area (Å²) < 4.78 is 27.9. The molecule has 0 aromatic heterocycles. The van der Waals surface area contributed by atoms with Gasteiger partial charge in [-0.2, -0.15) is 0 Å². The van der Waals surface area contributed by atoms with Gasteiger partial charge in [-0.05, 0) is 53.4 Å². The quantitative estimate of drug-likeness (QED) is 0.771. The monoisotopic (exact) mass is 319 g/mol. The zero-order valence-electron chi connectivity index (χ0n) is 11.1. The van der Waals surface area contributed by atoms with Crippen molar-refractivity contribution in [3.8, 4) is 0 Å². The SMILES string of the molecule is CCCNC(Cc1c(F)ccc(Br)c1F)C(C)C. The second-order valence-electron chi connectivity index (χ2n) is 4.83. The van der Waals surface area contributed by atoms with Gasteiger partial charge in [-0.3, -0.25) is 0 Å². The summed E-state index contributed by atoms with van der Waals surface area (Å²) in [6.07, 6.45) is 1.38. The zero-order chi connectivity index (χ0) is 13.7. The molecule has 0 bridgehead atoms. The van der Waals surface area contributed by atoms with Crippen LogP contribution in [-0.4, -0.2) is 12.6 Å². The van der Waals surface area contributed by atoms with Gasteiger partial charge in [0.25, 0.3) is 0 Å². The molecule has 1 aromatic rings.